The number of nitrogens with one attached hydrogen (secondary N) is 1. The molecule has 0 amide bonds. The Morgan fingerprint density at radius 1 is 1.24 bits per heavy atom. The zero-order valence-corrected chi connectivity index (χ0v) is 13.8. The minimum Gasteiger partial charge on any atom is -0.496 e. The van der Waals surface area contributed by atoms with Gasteiger partial charge in [0.15, 0.2) is 0 Å². The van der Waals surface area contributed by atoms with Crippen molar-refractivity contribution in [2.75, 3.05) is 20.3 Å². The number of halogens is 1. The number of ether oxygens (including phenoxy) is 2. The quantitative estimate of drug-likeness (QED) is 0.749. The molecule has 0 aliphatic rings. The van der Waals surface area contributed by atoms with Crippen LogP contribution in [-0.2, 0) is 4.74 Å². The highest BCUT2D eigenvalue weighted by atomic mass is 19.1. The van der Waals surface area contributed by atoms with Crippen molar-refractivity contribution in [3.8, 4) is 5.75 Å². The summed E-state index contributed by atoms with van der Waals surface area (Å²) in [7, 11) is 1.61. The first-order chi connectivity index (χ1) is 10.0. The monoisotopic (exact) mass is 297 g/mol. The fraction of sp³-hybridized carbons (Fsp3) is 0.647. The molecule has 2 atom stereocenters. The smallest absolute Gasteiger partial charge is 0.123 e. The van der Waals surface area contributed by atoms with Crippen molar-refractivity contribution in [2.24, 2.45) is 5.92 Å². The average molecular weight is 297 g/mol. The van der Waals surface area contributed by atoms with Gasteiger partial charge in [-0.2, -0.15) is 0 Å². The van der Waals surface area contributed by atoms with Crippen molar-refractivity contribution >= 4 is 0 Å². The summed E-state index contributed by atoms with van der Waals surface area (Å²) in [6, 6.07) is 4.55. The van der Waals surface area contributed by atoms with Gasteiger partial charge in [0, 0.05) is 12.2 Å². The van der Waals surface area contributed by atoms with Crippen LogP contribution in [0.4, 0.5) is 4.39 Å². The van der Waals surface area contributed by atoms with Gasteiger partial charge in [-0.15, -0.1) is 0 Å². The van der Waals surface area contributed by atoms with Gasteiger partial charge < -0.3 is 14.8 Å². The van der Waals surface area contributed by atoms with Crippen molar-refractivity contribution < 1.29 is 13.9 Å². The van der Waals surface area contributed by atoms with E-state index in [2.05, 4.69) is 26.1 Å². The number of rotatable bonds is 9. The van der Waals surface area contributed by atoms with Crippen LogP contribution in [0.3, 0.4) is 0 Å². The van der Waals surface area contributed by atoms with Crippen LogP contribution in [0.25, 0.3) is 0 Å². The topological polar surface area (TPSA) is 30.5 Å². The normalized spacial score (nSPS) is 14.2. The molecule has 0 bridgehead atoms. The summed E-state index contributed by atoms with van der Waals surface area (Å²) in [5.74, 6) is 0.746. The van der Waals surface area contributed by atoms with E-state index in [1.807, 2.05) is 6.92 Å². The second-order valence-corrected chi connectivity index (χ2v) is 5.48. The first-order valence-electron chi connectivity index (χ1n) is 7.73. The van der Waals surface area contributed by atoms with E-state index in [9.17, 15) is 4.39 Å². The molecule has 0 aliphatic heterocycles. The Morgan fingerprint density at radius 3 is 2.48 bits per heavy atom. The molecule has 120 valence electrons. The van der Waals surface area contributed by atoms with Crippen LogP contribution in [0.5, 0.6) is 5.75 Å². The third-order valence-electron chi connectivity index (χ3n) is 3.49. The SMILES string of the molecule is CCCNC(c1cc(F)ccc1OC)C(OCC)C(C)C. The van der Waals surface area contributed by atoms with Crippen molar-refractivity contribution in [1.82, 2.24) is 5.32 Å². The number of benzene rings is 1. The van der Waals surface area contributed by atoms with Gasteiger partial charge >= 0.3 is 0 Å². The van der Waals surface area contributed by atoms with Gasteiger partial charge in [0.2, 0.25) is 0 Å². The molecule has 0 saturated carbocycles. The van der Waals surface area contributed by atoms with Gasteiger partial charge in [0.05, 0.1) is 19.3 Å². The number of hydrogen-bond acceptors (Lipinski definition) is 3. The molecule has 1 aromatic carbocycles. The summed E-state index contributed by atoms with van der Waals surface area (Å²) in [6.45, 7) is 9.80. The maximum Gasteiger partial charge on any atom is 0.123 e. The summed E-state index contributed by atoms with van der Waals surface area (Å²) < 4.78 is 25.0. The van der Waals surface area contributed by atoms with E-state index >= 15 is 0 Å². The van der Waals surface area contributed by atoms with Crippen LogP contribution < -0.4 is 10.1 Å². The molecule has 1 rings (SSSR count). The van der Waals surface area contributed by atoms with Crippen molar-refractivity contribution in [2.45, 2.75) is 46.3 Å². The van der Waals surface area contributed by atoms with Gasteiger partial charge in [-0.1, -0.05) is 20.8 Å². The summed E-state index contributed by atoms with van der Waals surface area (Å²) in [6.07, 6.45) is 0.975. The lowest BCUT2D eigenvalue weighted by Crippen LogP contribution is -2.38. The molecule has 2 unspecified atom stereocenters. The maximum absolute atomic E-state index is 13.7. The minimum absolute atomic E-state index is 0.0303. The van der Waals surface area contributed by atoms with E-state index in [1.165, 1.54) is 6.07 Å². The van der Waals surface area contributed by atoms with Crippen LogP contribution in [0.2, 0.25) is 0 Å². The highest BCUT2D eigenvalue weighted by Gasteiger charge is 2.28. The van der Waals surface area contributed by atoms with Gasteiger partial charge in [0.25, 0.3) is 0 Å². The molecule has 4 heteroatoms. The number of hydrogen-bond donors (Lipinski definition) is 1. The molecule has 0 aliphatic carbocycles. The number of methoxy groups -OCH3 is 1. The predicted octanol–water partition coefficient (Wildman–Crippen LogP) is 3.94. The fourth-order valence-corrected chi connectivity index (χ4v) is 2.52. The Kier molecular flexibility index (Phi) is 7.68. The predicted molar refractivity (Wildman–Crippen MR) is 84.2 cm³/mol. The molecule has 0 spiro atoms. The lowest BCUT2D eigenvalue weighted by molar-refractivity contribution is 0.00226. The van der Waals surface area contributed by atoms with Gasteiger partial charge in [-0.05, 0) is 44.0 Å². The zero-order chi connectivity index (χ0) is 15.8. The lowest BCUT2D eigenvalue weighted by atomic mass is 9.92. The lowest BCUT2D eigenvalue weighted by Gasteiger charge is -2.32. The van der Waals surface area contributed by atoms with Crippen LogP contribution in [-0.4, -0.2) is 26.4 Å². The molecular formula is C17H28FNO2. The second kappa shape index (κ2) is 9.00. The van der Waals surface area contributed by atoms with Crippen molar-refractivity contribution in [3.63, 3.8) is 0 Å². The highest BCUT2D eigenvalue weighted by molar-refractivity contribution is 5.37. The van der Waals surface area contributed by atoms with E-state index in [0.29, 0.717) is 18.3 Å². The largest absolute Gasteiger partial charge is 0.496 e. The van der Waals surface area contributed by atoms with Gasteiger partial charge in [-0.3, -0.25) is 0 Å². The van der Waals surface area contributed by atoms with Crippen molar-refractivity contribution in [3.05, 3.63) is 29.6 Å². The molecule has 0 fully saturated rings. The van der Waals surface area contributed by atoms with E-state index in [4.69, 9.17) is 9.47 Å². The Morgan fingerprint density at radius 2 is 1.95 bits per heavy atom. The zero-order valence-electron chi connectivity index (χ0n) is 13.8. The van der Waals surface area contributed by atoms with Crippen LogP contribution >= 0.6 is 0 Å². The van der Waals surface area contributed by atoms with E-state index in [-0.39, 0.29) is 18.0 Å². The van der Waals surface area contributed by atoms with Crippen LogP contribution in [0.15, 0.2) is 18.2 Å². The summed E-state index contributed by atoms with van der Waals surface area (Å²) in [4.78, 5) is 0. The molecule has 1 N–H and O–H groups in total. The van der Waals surface area contributed by atoms with E-state index in [0.717, 1.165) is 18.5 Å². The Hall–Kier alpha value is -1.13. The van der Waals surface area contributed by atoms with Crippen molar-refractivity contribution in [1.29, 1.82) is 0 Å². The first kappa shape index (κ1) is 17.9. The third-order valence-corrected chi connectivity index (χ3v) is 3.49. The molecule has 3 nitrogen and oxygen atoms in total. The van der Waals surface area contributed by atoms with Crippen LogP contribution in [0.1, 0.15) is 45.7 Å². The second-order valence-electron chi connectivity index (χ2n) is 5.48. The van der Waals surface area contributed by atoms with Gasteiger partial charge in [-0.25, -0.2) is 4.39 Å². The fourth-order valence-electron chi connectivity index (χ4n) is 2.52. The first-order valence-corrected chi connectivity index (χ1v) is 7.73. The molecule has 0 heterocycles. The Bertz CT molecular complexity index is 423. The maximum atomic E-state index is 13.7. The Labute approximate surface area is 127 Å². The molecular weight excluding hydrogens is 269 g/mol. The highest BCUT2D eigenvalue weighted by Crippen LogP contribution is 2.32. The van der Waals surface area contributed by atoms with E-state index < -0.39 is 0 Å². The van der Waals surface area contributed by atoms with E-state index in [1.54, 1.807) is 19.2 Å². The summed E-state index contributed by atoms with van der Waals surface area (Å²) in [5, 5.41) is 3.48. The minimum atomic E-state index is -0.256. The standard InChI is InChI=1S/C17H28FNO2/c1-6-10-19-16(17(12(3)4)21-7-2)14-11-13(18)8-9-15(14)20-5/h8-9,11-12,16-17,19H,6-7,10H2,1-5H3. The third kappa shape index (κ3) is 4.97. The summed E-state index contributed by atoms with van der Waals surface area (Å²) in [5.41, 5.74) is 0.818. The average Bonchev–Trinajstić information content (AvgIpc) is 2.46. The molecule has 0 radical (unpaired) electrons. The molecule has 0 saturated heterocycles. The van der Waals surface area contributed by atoms with Gasteiger partial charge in [0.1, 0.15) is 11.6 Å². The molecule has 21 heavy (non-hydrogen) atoms. The summed E-state index contributed by atoms with van der Waals surface area (Å²) >= 11 is 0. The molecule has 0 aromatic heterocycles. The molecule has 1 aromatic rings. The van der Waals surface area contributed by atoms with Crippen LogP contribution in [0, 0.1) is 11.7 Å². The Balaban J connectivity index is 3.19.